The number of benzene rings is 5. The largest absolute Gasteiger partial charge is 0.453 e. The van der Waals surface area contributed by atoms with Crippen molar-refractivity contribution in [1.82, 2.24) is 40.4 Å². The first-order valence-electron chi connectivity index (χ1n) is 22.9. The summed E-state index contributed by atoms with van der Waals surface area (Å²) in [6, 6.07) is 28.2. The molecule has 1 unspecified atom stereocenters. The maximum atomic E-state index is 14.4. The van der Waals surface area contributed by atoms with Crippen LogP contribution in [0.15, 0.2) is 91.0 Å². The third-order valence-electron chi connectivity index (χ3n) is 15.1. The Kier molecular flexibility index (Phi) is 9.89. The van der Waals surface area contributed by atoms with Gasteiger partial charge < -0.3 is 44.6 Å². The van der Waals surface area contributed by atoms with Gasteiger partial charge in [-0.2, -0.15) is 0 Å². The summed E-state index contributed by atoms with van der Waals surface area (Å²) >= 11 is 0. The summed E-state index contributed by atoms with van der Waals surface area (Å²) in [6.45, 7) is 9.05. The lowest BCUT2D eigenvalue weighted by atomic mass is 9.85. The Labute approximate surface area is 386 Å². The van der Waals surface area contributed by atoms with Gasteiger partial charge in [0.15, 0.2) is 0 Å². The number of ether oxygens (including phenoxy) is 3. The van der Waals surface area contributed by atoms with Crippen molar-refractivity contribution in [2.75, 3.05) is 34.5 Å². The van der Waals surface area contributed by atoms with Gasteiger partial charge in [-0.3, -0.25) is 9.59 Å². The predicted octanol–water partition coefficient (Wildman–Crippen LogP) is 8.33. The minimum atomic E-state index is -0.945. The SMILES string of the molecule is COC[C@H]1C[C@@H](c2nc3c(ccc4cc(-c5ccc6c(ccc7[nH]c([C@@H]8C9[C@@H]%10[C@H](N8C(=O)[C@@H](NC(=O)OC)C(C)(C)C)[C@]9%10C)nc76)c5)ccc43)[nH]2)N(C(=O)[C@H](NC(=O)OC)c2ccccc2)C1. The van der Waals surface area contributed by atoms with Gasteiger partial charge in [0.25, 0.3) is 5.91 Å². The average Bonchev–Trinajstić information content (AvgIpc) is 3.78. The number of fused-ring (bicyclic) bond motifs is 7. The Morgan fingerprint density at radius 3 is 1.93 bits per heavy atom. The van der Waals surface area contributed by atoms with E-state index in [4.69, 9.17) is 24.2 Å². The highest BCUT2D eigenvalue weighted by Crippen LogP contribution is 2.90. The number of piperidine rings is 1. The second-order valence-electron chi connectivity index (χ2n) is 20.1. The van der Waals surface area contributed by atoms with E-state index in [2.05, 4.69) is 82.1 Å². The first kappa shape index (κ1) is 42.6. The van der Waals surface area contributed by atoms with Crippen LogP contribution in [0, 0.1) is 28.6 Å². The number of aromatic amines is 2. The van der Waals surface area contributed by atoms with Gasteiger partial charge >= 0.3 is 12.2 Å². The Hall–Kier alpha value is -7.00. The number of methoxy groups -OCH3 is 3. The zero-order chi connectivity index (χ0) is 46.7. The fourth-order valence-corrected chi connectivity index (χ4v) is 11.7. The Bertz CT molecular complexity index is 3160. The molecule has 5 aromatic carbocycles. The van der Waals surface area contributed by atoms with Gasteiger partial charge in [-0.1, -0.05) is 94.4 Å². The van der Waals surface area contributed by atoms with Crippen LogP contribution >= 0.6 is 0 Å². The van der Waals surface area contributed by atoms with Crippen LogP contribution in [0.3, 0.4) is 0 Å². The number of H-pyrrole nitrogens is 2. The molecule has 3 saturated heterocycles. The number of amides is 4. The number of hydrogen-bond acceptors (Lipinski definition) is 9. The van der Waals surface area contributed by atoms with E-state index in [1.807, 2.05) is 62.1 Å². The van der Waals surface area contributed by atoms with Crippen molar-refractivity contribution in [3.63, 3.8) is 0 Å². The van der Waals surface area contributed by atoms with E-state index in [1.165, 1.54) is 14.2 Å². The van der Waals surface area contributed by atoms with Crippen molar-refractivity contribution in [3.8, 4) is 11.1 Å². The van der Waals surface area contributed by atoms with Gasteiger partial charge in [0.2, 0.25) is 5.91 Å². The molecule has 2 aliphatic carbocycles. The first-order valence-corrected chi connectivity index (χ1v) is 22.9. The van der Waals surface area contributed by atoms with Crippen LogP contribution < -0.4 is 10.6 Å². The second-order valence-corrected chi connectivity index (χ2v) is 20.1. The van der Waals surface area contributed by atoms with Crippen molar-refractivity contribution in [2.45, 2.75) is 64.3 Å². The normalized spacial score (nSPS) is 24.8. The second kappa shape index (κ2) is 15.5. The molecule has 344 valence electrons. The van der Waals surface area contributed by atoms with Gasteiger partial charge in [0.1, 0.15) is 23.7 Å². The highest BCUT2D eigenvalue weighted by Gasteiger charge is 2.94. The third-order valence-corrected chi connectivity index (χ3v) is 15.1. The van der Waals surface area contributed by atoms with Crippen LogP contribution in [0.5, 0.6) is 0 Å². The lowest BCUT2D eigenvalue weighted by Gasteiger charge is -2.35. The van der Waals surface area contributed by atoms with Crippen molar-refractivity contribution in [3.05, 3.63) is 108 Å². The number of likely N-dealkylation sites (tertiary alicyclic amines) is 1. The summed E-state index contributed by atoms with van der Waals surface area (Å²) < 4.78 is 15.4. The quantitative estimate of drug-likeness (QED) is 0.105. The maximum absolute atomic E-state index is 14.4. The number of nitrogens with zero attached hydrogens (tertiary/aromatic N) is 4. The highest BCUT2D eigenvalue weighted by atomic mass is 16.5. The van der Waals surface area contributed by atoms with Gasteiger partial charge in [-0.05, 0) is 80.8 Å². The topological polar surface area (TPSA) is 184 Å². The zero-order valence-corrected chi connectivity index (χ0v) is 38.5. The maximum Gasteiger partial charge on any atom is 0.407 e. The van der Waals surface area contributed by atoms with Gasteiger partial charge in [0, 0.05) is 36.4 Å². The molecule has 9 atom stereocenters. The highest BCUT2D eigenvalue weighted by molar-refractivity contribution is 6.08. The van der Waals surface area contributed by atoms with Crippen molar-refractivity contribution in [1.29, 1.82) is 0 Å². The Balaban J connectivity index is 0.879. The smallest absolute Gasteiger partial charge is 0.407 e. The van der Waals surface area contributed by atoms with Gasteiger partial charge in [-0.25, -0.2) is 19.6 Å². The Morgan fingerprint density at radius 1 is 0.761 bits per heavy atom. The molecule has 12 rings (SSSR count). The van der Waals surface area contributed by atoms with Crippen LogP contribution in [0.2, 0.25) is 0 Å². The molecule has 0 spiro atoms. The molecular formula is C52H54N8O7. The minimum Gasteiger partial charge on any atom is -0.453 e. The molecule has 3 aliphatic heterocycles. The van der Waals surface area contributed by atoms with Crippen molar-refractivity contribution < 1.29 is 33.4 Å². The number of rotatable bonds is 10. The summed E-state index contributed by atoms with van der Waals surface area (Å²) in [7, 11) is 4.26. The van der Waals surface area contributed by atoms with Gasteiger partial charge in [0.05, 0.1) is 55.0 Å². The molecule has 15 nitrogen and oxygen atoms in total. The van der Waals surface area contributed by atoms with Crippen LogP contribution in [-0.2, 0) is 23.8 Å². The monoisotopic (exact) mass is 902 g/mol. The number of imidazole rings is 2. The molecule has 2 aromatic heterocycles. The molecule has 4 N–H and O–H groups in total. The predicted molar refractivity (Wildman–Crippen MR) is 253 cm³/mol. The molecule has 15 heteroatoms. The fourth-order valence-electron chi connectivity index (χ4n) is 11.7. The van der Waals surface area contributed by atoms with Crippen molar-refractivity contribution >= 4 is 67.6 Å². The fraction of sp³-hybridized carbons (Fsp3) is 0.385. The lowest BCUT2D eigenvalue weighted by molar-refractivity contribution is -0.137. The summed E-state index contributed by atoms with van der Waals surface area (Å²) in [5.41, 5.74) is 5.76. The zero-order valence-electron chi connectivity index (χ0n) is 38.5. The van der Waals surface area contributed by atoms with Crippen LogP contribution in [-0.4, -0.2) is 100 Å². The summed E-state index contributed by atoms with van der Waals surface area (Å²) in [5.74, 6) is 1.94. The molecule has 5 heterocycles. The number of carbonyl (C=O) groups is 4. The molecule has 7 aromatic rings. The standard InChI is InChI=1S/C52H54N8O7/c1-51(2,3)43(58-50(64)67-7)48(62)60-42(37-38-44(60)52(37,38)4)46-54-35-20-16-31-23-29(14-18-33(31)41(35)56-46)28-13-17-32-30(22-28)15-19-34-40(32)55-45(53-34)36-21-26(25-65-5)24-59(36)47(61)39(57-49(63)66-6)27-11-9-8-10-12-27/h8-20,22-23,26,36-39,42-44H,21,24-25H2,1-7H3,(H,53,55)(H,54,56)(H,57,63)(H,58,64)/t26-,36-,37?,38+,39+,42-,43+,44-,52+/m0/s1. The molecule has 2 bridgehead atoms. The lowest BCUT2D eigenvalue weighted by Crippen LogP contribution is -2.55. The van der Waals surface area contributed by atoms with Crippen molar-refractivity contribution in [2.24, 2.45) is 28.6 Å². The van der Waals surface area contributed by atoms with Gasteiger partial charge in [-0.15, -0.1) is 0 Å². The average molecular weight is 903 g/mol. The first-order chi connectivity index (χ1) is 32.2. The number of carbonyl (C=O) groups excluding carboxylic acids is 4. The van der Waals surface area contributed by atoms with E-state index in [0.717, 1.165) is 60.6 Å². The number of hydrogen-bond donors (Lipinski definition) is 4. The molecule has 5 fully saturated rings. The van der Waals surface area contributed by atoms with Crippen LogP contribution in [0.1, 0.15) is 69.5 Å². The number of nitrogens with one attached hydrogen (secondary N) is 4. The summed E-state index contributed by atoms with van der Waals surface area (Å²) in [6.07, 6.45) is -0.671. The van der Waals surface area contributed by atoms with E-state index in [-0.39, 0.29) is 41.3 Å². The minimum absolute atomic E-state index is 0.0714. The van der Waals surface area contributed by atoms with E-state index in [0.29, 0.717) is 42.8 Å². The molecule has 5 aliphatic rings. The van der Waals surface area contributed by atoms with Crippen LogP contribution in [0.25, 0.3) is 54.7 Å². The molecule has 2 saturated carbocycles. The number of aromatic nitrogens is 4. The molecular weight excluding hydrogens is 849 g/mol. The van der Waals surface area contributed by atoms with E-state index in [1.54, 1.807) is 12.0 Å². The Morgan fingerprint density at radius 2 is 1.34 bits per heavy atom. The summed E-state index contributed by atoms with van der Waals surface area (Å²) in [4.78, 5) is 75.0. The molecule has 4 amide bonds. The molecule has 0 radical (unpaired) electrons. The van der Waals surface area contributed by atoms with E-state index < -0.39 is 29.7 Å². The summed E-state index contributed by atoms with van der Waals surface area (Å²) in [5, 5.41) is 9.65. The number of alkyl carbamates (subject to hydrolysis) is 2. The van der Waals surface area contributed by atoms with Crippen LogP contribution in [0.4, 0.5) is 9.59 Å². The third kappa shape index (κ3) is 6.79. The van der Waals surface area contributed by atoms with E-state index in [9.17, 15) is 19.2 Å². The van der Waals surface area contributed by atoms with E-state index >= 15 is 0 Å². The molecule has 67 heavy (non-hydrogen) atoms.